The minimum absolute atomic E-state index is 0.334. The topological polar surface area (TPSA) is 51.0 Å². The molecule has 0 aromatic carbocycles. The molecular formula is C6H11NO3. The minimum atomic E-state index is -1.16. The quantitative estimate of drug-likeness (QED) is 0.583. The van der Waals surface area contributed by atoms with Crippen LogP contribution in [-0.4, -0.2) is 23.4 Å². The fourth-order valence-corrected chi connectivity index (χ4v) is 0.738. The van der Waals surface area contributed by atoms with E-state index in [1.54, 1.807) is 6.92 Å². The smallest absolute Gasteiger partial charge is 0.240 e. The molecule has 1 atom stereocenters. The molecule has 58 valence electrons. The minimum Gasteiger partial charge on any atom is -0.479 e. The maximum Gasteiger partial charge on any atom is 0.240 e. The van der Waals surface area contributed by atoms with Crippen LogP contribution in [0.15, 0.2) is 5.16 Å². The standard InChI is InChI=1S/C6H11NO3/c1-3-9-5-4-6(2,8)10-7-5/h8H,3-4H2,1-2H3. The van der Waals surface area contributed by atoms with Gasteiger partial charge in [-0.05, 0) is 12.1 Å². The molecule has 0 saturated carbocycles. The van der Waals surface area contributed by atoms with Gasteiger partial charge >= 0.3 is 0 Å². The molecular weight excluding hydrogens is 134 g/mol. The van der Waals surface area contributed by atoms with Gasteiger partial charge in [0.2, 0.25) is 11.7 Å². The largest absolute Gasteiger partial charge is 0.479 e. The molecule has 1 heterocycles. The van der Waals surface area contributed by atoms with Crippen LogP contribution >= 0.6 is 0 Å². The third kappa shape index (κ3) is 1.60. The average molecular weight is 145 g/mol. The van der Waals surface area contributed by atoms with E-state index in [0.717, 1.165) is 0 Å². The number of hydrogen-bond acceptors (Lipinski definition) is 4. The highest BCUT2D eigenvalue weighted by atomic mass is 16.7. The van der Waals surface area contributed by atoms with Crippen molar-refractivity contribution in [1.82, 2.24) is 0 Å². The monoisotopic (exact) mass is 145 g/mol. The van der Waals surface area contributed by atoms with E-state index in [2.05, 4.69) is 9.99 Å². The van der Waals surface area contributed by atoms with Gasteiger partial charge in [0.15, 0.2) is 0 Å². The van der Waals surface area contributed by atoms with Gasteiger partial charge in [-0.1, -0.05) is 0 Å². The molecule has 10 heavy (non-hydrogen) atoms. The first-order valence-electron chi connectivity index (χ1n) is 3.24. The summed E-state index contributed by atoms with van der Waals surface area (Å²) in [4.78, 5) is 4.62. The van der Waals surface area contributed by atoms with Gasteiger partial charge in [0, 0.05) is 6.92 Å². The number of ether oxygens (including phenoxy) is 1. The summed E-state index contributed by atoms with van der Waals surface area (Å²) in [7, 11) is 0. The van der Waals surface area contributed by atoms with Crippen molar-refractivity contribution in [3.05, 3.63) is 0 Å². The first-order chi connectivity index (χ1) is 4.64. The Hall–Kier alpha value is -0.770. The lowest BCUT2D eigenvalue weighted by Gasteiger charge is -2.11. The van der Waals surface area contributed by atoms with Gasteiger partial charge in [-0.2, -0.15) is 0 Å². The molecule has 1 rings (SSSR count). The molecule has 0 radical (unpaired) electrons. The molecule has 0 aromatic rings. The number of oxime groups is 1. The first-order valence-corrected chi connectivity index (χ1v) is 3.24. The first kappa shape index (κ1) is 7.34. The van der Waals surface area contributed by atoms with Crippen LogP contribution in [0, 0.1) is 0 Å². The van der Waals surface area contributed by atoms with E-state index >= 15 is 0 Å². The average Bonchev–Trinajstić information content (AvgIpc) is 2.12. The number of aliphatic hydroxyl groups is 1. The lowest BCUT2D eigenvalue weighted by atomic mass is 10.2. The van der Waals surface area contributed by atoms with Crippen LogP contribution < -0.4 is 0 Å². The van der Waals surface area contributed by atoms with Crippen molar-refractivity contribution in [2.45, 2.75) is 26.1 Å². The summed E-state index contributed by atoms with van der Waals surface area (Å²) >= 11 is 0. The Morgan fingerprint density at radius 3 is 3.00 bits per heavy atom. The van der Waals surface area contributed by atoms with E-state index in [1.807, 2.05) is 6.92 Å². The number of rotatable bonds is 1. The summed E-state index contributed by atoms with van der Waals surface area (Å²) in [6.45, 7) is 3.95. The molecule has 1 aliphatic rings. The van der Waals surface area contributed by atoms with Crippen molar-refractivity contribution in [3.63, 3.8) is 0 Å². The third-order valence-corrected chi connectivity index (χ3v) is 1.13. The van der Waals surface area contributed by atoms with E-state index in [1.165, 1.54) is 0 Å². The molecule has 4 heteroatoms. The number of hydrogen-bond donors (Lipinski definition) is 1. The van der Waals surface area contributed by atoms with Gasteiger partial charge in [-0.15, -0.1) is 0 Å². The molecule has 0 fully saturated rings. The maximum atomic E-state index is 9.17. The van der Waals surface area contributed by atoms with Crippen molar-refractivity contribution >= 4 is 5.90 Å². The van der Waals surface area contributed by atoms with E-state index in [-0.39, 0.29) is 0 Å². The predicted octanol–water partition coefficient (Wildman–Crippen LogP) is 0.465. The van der Waals surface area contributed by atoms with Crippen molar-refractivity contribution in [3.8, 4) is 0 Å². The van der Waals surface area contributed by atoms with Crippen molar-refractivity contribution in [1.29, 1.82) is 0 Å². The zero-order chi connectivity index (χ0) is 7.61. The Morgan fingerprint density at radius 1 is 1.90 bits per heavy atom. The van der Waals surface area contributed by atoms with Gasteiger partial charge in [-0.3, -0.25) is 0 Å². The Morgan fingerprint density at radius 2 is 2.60 bits per heavy atom. The summed E-state index contributed by atoms with van der Waals surface area (Å²) in [6.07, 6.45) is 0.334. The van der Waals surface area contributed by atoms with Gasteiger partial charge in [-0.25, -0.2) is 0 Å². The molecule has 1 unspecified atom stereocenters. The highest BCUT2D eigenvalue weighted by molar-refractivity contribution is 5.77. The summed E-state index contributed by atoms with van der Waals surface area (Å²) in [6, 6.07) is 0. The highest BCUT2D eigenvalue weighted by Crippen LogP contribution is 2.19. The molecule has 0 spiro atoms. The predicted molar refractivity (Wildman–Crippen MR) is 35.4 cm³/mol. The zero-order valence-corrected chi connectivity index (χ0v) is 6.13. The van der Waals surface area contributed by atoms with Gasteiger partial charge in [0.05, 0.1) is 13.0 Å². The van der Waals surface area contributed by atoms with Crippen LogP contribution in [0.5, 0.6) is 0 Å². The van der Waals surface area contributed by atoms with Crippen molar-refractivity contribution < 1.29 is 14.7 Å². The summed E-state index contributed by atoms with van der Waals surface area (Å²) in [5, 5.41) is 12.7. The third-order valence-electron chi connectivity index (χ3n) is 1.13. The summed E-state index contributed by atoms with van der Waals surface area (Å²) < 4.78 is 5.00. The highest BCUT2D eigenvalue weighted by Gasteiger charge is 2.32. The fraction of sp³-hybridized carbons (Fsp3) is 0.833. The van der Waals surface area contributed by atoms with Crippen LogP contribution in [-0.2, 0) is 9.57 Å². The van der Waals surface area contributed by atoms with Crippen LogP contribution in [0.1, 0.15) is 20.3 Å². The summed E-state index contributed by atoms with van der Waals surface area (Å²) in [5.41, 5.74) is 0. The lowest BCUT2D eigenvalue weighted by Crippen LogP contribution is -2.23. The van der Waals surface area contributed by atoms with Crippen molar-refractivity contribution in [2.75, 3.05) is 6.61 Å². The lowest BCUT2D eigenvalue weighted by molar-refractivity contribution is -0.170. The van der Waals surface area contributed by atoms with Gasteiger partial charge in [0.1, 0.15) is 0 Å². The van der Waals surface area contributed by atoms with Crippen molar-refractivity contribution in [2.24, 2.45) is 5.16 Å². The SMILES string of the molecule is CCOC1=NOC(C)(O)C1. The molecule has 0 aromatic heterocycles. The summed E-state index contributed by atoms with van der Waals surface area (Å²) in [5.74, 6) is -0.697. The van der Waals surface area contributed by atoms with Crippen LogP contribution in [0.2, 0.25) is 0 Å². The molecule has 0 amide bonds. The molecule has 1 N–H and O–H groups in total. The zero-order valence-electron chi connectivity index (χ0n) is 6.13. The Kier molecular flexibility index (Phi) is 1.80. The van der Waals surface area contributed by atoms with E-state index < -0.39 is 5.79 Å². The molecule has 4 nitrogen and oxygen atoms in total. The van der Waals surface area contributed by atoms with E-state index in [9.17, 15) is 5.11 Å². The number of nitrogens with zero attached hydrogens (tertiary/aromatic N) is 1. The van der Waals surface area contributed by atoms with E-state index in [4.69, 9.17) is 4.74 Å². The maximum absolute atomic E-state index is 9.17. The Labute approximate surface area is 59.4 Å². The Bertz CT molecular complexity index is 153. The van der Waals surface area contributed by atoms with Gasteiger partial charge < -0.3 is 14.7 Å². The second kappa shape index (κ2) is 2.46. The van der Waals surface area contributed by atoms with E-state index in [0.29, 0.717) is 18.9 Å². The second-order valence-corrected chi connectivity index (χ2v) is 2.36. The molecule has 0 aliphatic carbocycles. The fourth-order valence-electron chi connectivity index (χ4n) is 0.738. The van der Waals surface area contributed by atoms with Crippen LogP contribution in [0.25, 0.3) is 0 Å². The second-order valence-electron chi connectivity index (χ2n) is 2.36. The normalized spacial score (nSPS) is 31.3. The van der Waals surface area contributed by atoms with Crippen LogP contribution in [0.3, 0.4) is 0 Å². The van der Waals surface area contributed by atoms with Gasteiger partial charge in [0.25, 0.3) is 0 Å². The molecule has 0 bridgehead atoms. The Balaban J connectivity index is 2.39. The molecule has 0 saturated heterocycles. The van der Waals surface area contributed by atoms with Crippen LogP contribution in [0.4, 0.5) is 0 Å². The molecule has 1 aliphatic heterocycles.